The standard InChI is InChI=1S/C13H13ClIN3/c1-3-4-10-11(15)12(14)18-13(17-10)9-6-5-8(2)16-7-9/h5-7H,3-4H2,1-2H3. The SMILES string of the molecule is CCCc1nc(-c2ccc(C)nc2)nc(Cl)c1I. The zero-order valence-corrected chi connectivity index (χ0v) is 13.2. The summed E-state index contributed by atoms with van der Waals surface area (Å²) in [7, 11) is 0. The summed E-state index contributed by atoms with van der Waals surface area (Å²) in [6.07, 6.45) is 3.73. The molecule has 0 atom stereocenters. The van der Waals surface area contributed by atoms with Crippen LogP contribution < -0.4 is 0 Å². The quantitative estimate of drug-likeness (QED) is 0.601. The second kappa shape index (κ2) is 5.93. The minimum Gasteiger partial charge on any atom is -0.261 e. The van der Waals surface area contributed by atoms with Gasteiger partial charge in [0, 0.05) is 17.5 Å². The minimum atomic E-state index is 0.518. The van der Waals surface area contributed by atoms with Gasteiger partial charge in [-0.3, -0.25) is 4.98 Å². The third-order valence-electron chi connectivity index (χ3n) is 2.54. The fourth-order valence-corrected chi connectivity index (χ4v) is 2.29. The Balaban J connectivity index is 2.48. The molecule has 0 aliphatic carbocycles. The zero-order chi connectivity index (χ0) is 13.1. The molecule has 0 bridgehead atoms. The lowest BCUT2D eigenvalue weighted by molar-refractivity contribution is 0.867. The molecule has 0 aliphatic heterocycles. The van der Waals surface area contributed by atoms with E-state index < -0.39 is 0 Å². The molecule has 0 fully saturated rings. The van der Waals surface area contributed by atoms with Crippen LogP contribution in [0.4, 0.5) is 0 Å². The molecule has 0 saturated heterocycles. The number of hydrogen-bond acceptors (Lipinski definition) is 3. The molecule has 18 heavy (non-hydrogen) atoms. The van der Waals surface area contributed by atoms with Gasteiger partial charge in [-0.2, -0.15) is 0 Å². The summed E-state index contributed by atoms with van der Waals surface area (Å²) in [6.45, 7) is 4.08. The van der Waals surface area contributed by atoms with Crippen molar-refractivity contribution in [3.63, 3.8) is 0 Å². The van der Waals surface area contributed by atoms with Crippen molar-refractivity contribution in [2.45, 2.75) is 26.7 Å². The number of hydrogen-bond donors (Lipinski definition) is 0. The highest BCUT2D eigenvalue weighted by atomic mass is 127. The predicted molar refractivity (Wildman–Crippen MR) is 81.7 cm³/mol. The van der Waals surface area contributed by atoms with E-state index >= 15 is 0 Å². The van der Waals surface area contributed by atoms with Crippen LogP contribution >= 0.6 is 34.2 Å². The topological polar surface area (TPSA) is 38.7 Å². The van der Waals surface area contributed by atoms with Crippen LogP contribution in [-0.2, 0) is 6.42 Å². The van der Waals surface area contributed by atoms with Crippen LogP contribution in [0.25, 0.3) is 11.4 Å². The molecule has 0 N–H and O–H groups in total. The van der Waals surface area contributed by atoms with Gasteiger partial charge < -0.3 is 0 Å². The molecule has 0 aromatic carbocycles. The first-order valence-corrected chi connectivity index (χ1v) is 7.22. The number of nitrogens with zero attached hydrogens (tertiary/aromatic N) is 3. The average Bonchev–Trinajstić information content (AvgIpc) is 2.36. The number of aryl methyl sites for hydroxylation is 2. The Labute approximate surface area is 125 Å². The molecule has 94 valence electrons. The molecule has 2 rings (SSSR count). The number of halogens is 2. The molecule has 0 unspecified atom stereocenters. The van der Waals surface area contributed by atoms with Gasteiger partial charge in [-0.15, -0.1) is 0 Å². The third kappa shape index (κ3) is 2.98. The van der Waals surface area contributed by atoms with Crippen LogP contribution in [0, 0.1) is 10.5 Å². The summed E-state index contributed by atoms with van der Waals surface area (Å²) in [6, 6.07) is 3.92. The zero-order valence-electron chi connectivity index (χ0n) is 10.2. The first-order valence-electron chi connectivity index (χ1n) is 5.76. The molecule has 0 radical (unpaired) electrons. The molecule has 0 amide bonds. The van der Waals surface area contributed by atoms with E-state index in [0.717, 1.165) is 33.4 Å². The maximum atomic E-state index is 6.16. The lowest BCUT2D eigenvalue weighted by Crippen LogP contribution is -2.01. The summed E-state index contributed by atoms with van der Waals surface area (Å²) in [5, 5.41) is 0.518. The Morgan fingerprint density at radius 1 is 1.28 bits per heavy atom. The lowest BCUT2D eigenvalue weighted by atomic mass is 10.2. The summed E-state index contributed by atoms with van der Waals surface area (Å²) in [4.78, 5) is 13.2. The molecule has 5 heteroatoms. The summed E-state index contributed by atoms with van der Waals surface area (Å²) in [5.74, 6) is 0.649. The van der Waals surface area contributed by atoms with Gasteiger partial charge in [-0.1, -0.05) is 24.9 Å². The number of aromatic nitrogens is 3. The van der Waals surface area contributed by atoms with E-state index in [2.05, 4.69) is 44.5 Å². The van der Waals surface area contributed by atoms with E-state index in [1.807, 2.05) is 19.1 Å². The molecule has 0 aliphatic rings. The molecular formula is C13H13ClIN3. The fourth-order valence-electron chi connectivity index (χ4n) is 1.59. The van der Waals surface area contributed by atoms with Crippen LogP contribution in [0.2, 0.25) is 5.15 Å². The monoisotopic (exact) mass is 373 g/mol. The first kappa shape index (κ1) is 13.7. The molecule has 0 spiro atoms. The largest absolute Gasteiger partial charge is 0.261 e. The maximum absolute atomic E-state index is 6.16. The van der Waals surface area contributed by atoms with E-state index in [-0.39, 0.29) is 0 Å². The van der Waals surface area contributed by atoms with E-state index in [1.54, 1.807) is 6.20 Å². The van der Waals surface area contributed by atoms with E-state index in [0.29, 0.717) is 11.0 Å². The van der Waals surface area contributed by atoms with Crippen LogP contribution in [0.1, 0.15) is 24.7 Å². The predicted octanol–water partition coefficient (Wildman–Crippen LogP) is 4.06. The molecule has 2 heterocycles. The molecular weight excluding hydrogens is 361 g/mol. The Morgan fingerprint density at radius 2 is 2.06 bits per heavy atom. The van der Waals surface area contributed by atoms with Gasteiger partial charge in [-0.25, -0.2) is 9.97 Å². The average molecular weight is 374 g/mol. The Kier molecular flexibility index (Phi) is 4.50. The second-order valence-corrected chi connectivity index (χ2v) is 5.47. The van der Waals surface area contributed by atoms with Gasteiger partial charge in [0.2, 0.25) is 0 Å². The van der Waals surface area contributed by atoms with Crippen molar-refractivity contribution in [1.29, 1.82) is 0 Å². The van der Waals surface area contributed by atoms with Gasteiger partial charge in [0.15, 0.2) is 5.82 Å². The van der Waals surface area contributed by atoms with Gasteiger partial charge in [0.25, 0.3) is 0 Å². The van der Waals surface area contributed by atoms with Crippen LogP contribution in [-0.4, -0.2) is 15.0 Å². The highest BCUT2D eigenvalue weighted by Gasteiger charge is 2.11. The van der Waals surface area contributed by atoms with Crippen LogP contribution in [0.5, 0.6) is 0 Å². The highest BCUT2D eigenvalue weighted by molar-refractivity contribution is 14.1. The van der Waals surface area contributed by atoms with E-state index in [4.69, 9.17) is 11.6 Å². The third-order valence-corrected chi connectivity index (χ3v) is 4.26. The number of pyridine rings is 1. The normalized spacial score (nSPS) is 10.7. The molecule has 2 aromatic heterocycles. The smallest absolute Gasteiger partial charge is 0.162 e. The summed E-state index contributed by atoms with van der Waals surface area (Å²) in [5.41, 5.74) is 2.88. The van der Waals surface area contributed by atoms with Gasteiger partial charge in [0.1, 0.15) is 5.15 Å². The fraction of sp³-hybridized carbons (Fsp3) is 0.308. The Bertz CT molecular complexity index is 555. The van der Waals surface area contributed by atoms with E-state index in [9.17, 15) is 0 Å². The molecule has 0 saturated carbocycles. The van der Waals surface area contributed by atoms with Crippen molar-refractivity contribution in [3.8, 4) is 11.4 Å². The Morgan fingerprint density at radius 3 is 2.67 bits per heavy atom. The number of rotatable bonds is 3. The minimum absolute atomic E-state index is 0.518. The molecule has 3 nitrogen and oxygen atoms in total. The maximum Gasteiger partial charge on any atom is 0.162 e. The summed E-state index contributed by atoms with van der Waals surface area (Å²) >= 11 is 8.35. The van der Waals surface area contributed by atoms with Crippen molar-refractivity contribution in [3.05, 3.63) is 38.4 Å². The summed E-state index contributed by atoms with van der Waals surface area (Å²) < 4.78 is 0.944. The van der Waals surface area contributed by atoms with Gasteiger partial charge in [-0.05, 0) is 48.1 Å². The first-order chi connectivity index (χ1) is 8.61. The van der Waals surface area contributed by atoms with Crippen LogP contribution in [0.3, 0.4) is 0 Å². The van der Waals surface area contributed by atoms with Gasteiger partial charge in [0.05, 0.1) is 9.26 Å². The van der Waals surface area contributed by atoms with Crippen LogP contribution in [0.15, 0.2) is 18.3 Å². The van der Waals surface area contributed by atoms with Gasteiger partial charge >= 0.3 is 0 Å². The second-order valence-electron chi connectivity index (χ2n) is 4.04. The van der Waals surface area contributed by atoms with Crippen molar-refractivity contribution in [2.75, 3.05) is 0 Å². The van der Waals surface area contributed by atoms with Crippen molar-refractivity contribution in [2.24, 2.45) is 0 Å². The van der Waals surface area contributed by atoms with Crippen molar-refractivity contribution in [1.82, 2.24) is 15.0 Å². The highest BCUT2D eigenvalue weighted by Crippen LogP contribution is 2.24. The van der Waals surface area contributed by atoms with Crippen molar-refractivity contribution >= 4 is 34.2 Å². The lowest BCUT2D eigenvalue weighted by Gasteiger charge is -2.07. The molecule has 2 aromatic rings. The Hall–Kier alpha value is -0.750. The van der Waals surface area contributed by atoms with E-state index in [1.165, 1.54) is 0 Å². The van der Waals surface area contributed by atoms with Crippen molar-refractivity contribution < 1.29 is 0 Å².